The standard InChI is InChI=1S/C22H12N2O4/c25-21-15-8-1-2-9-16(15)22(26)20-19(21)17-10-3-4-11-18(17)23(20)13-6-5-7-14(12-13)24(27)28/h1-12H. The number of nitrogens with zero attached hydrogens (tertiary/aromatic N) is 2. The molecule has 1 aliphatic rings. The molecule has 0 N–H and O–H groups in total. The Kier molecular flexibility index (Phi) is 3.30. The number of para-hydroxylation sites is 1. The molecule has 1 heterocycles. The van der Waals surface area contributed by atoms with E-state index in [0.717, 1.165) is 0 Å². The van der Waals surface area contributed by atoms with E-state index in [4.69, 9.17) is 0 Å². The number of nitro groups is 1. The van der Waals surface area contributed by atoms with Crippen LogP contribution in [0.4, 0.5) is 5.69 Å². The zero-order valence-corrected chi connectivity index (χ0v) is 14.5. The van der Waals surface area contributed by atoms with Crippen LogP contribution >= 0.6 is 0 Å². The van der Waals surface area contributed by atoms with Crippen LogP contribution in [-0.4, -0.2) is 21.1 Å². The largest absolute Gasteiger partial charge is 0.305 e. The number of non-ortho nitro benzene ring substituents is 1. The number of hydrogen-bond acceptors (Lipinski definition) is 4. The highest BCUT2D eigenvalue weighted by molar-refractivity contribution is 6.32. The Labute approximate surface area is 158 Å². The molecule has 134 valence electrons. The second-order valence-corrected chi connectivity index (χ2v) is 6.56. The molecule has 0 atom stereocenters. The molecule has 4 aromatic rings. The van der Waals surface area contributed by atoms with Crippen molar-refractivity contribution in [2.24, 2.45) is 0 Å². The fraction of sp³-hybridized carbons (Fsp3) is 0. The molecule has 0 saturated heterocycles. The first-order valence-corrected chi connectivity index (χ1v) is 8.64. The van der Waals surface area contributed by atoms with E-state index in [-0.39, 0.29) is 22.9 Å². The lowest BCUT2D eigenvalue weighted by Gasteiger charge is -2.17. The number of carbonyl (C=O) groups is 2. The van der Waals surface area contributed by atoms with E-state index < -0.39 is 4.92 Å². The minimum atomic E-state index is -0.482. The van der Waals surface area contributed by atoms with E-state index in [2.05, 4.69) is 0 Å². The van der Waals surface area contributed by atoms with E-state index in [1.165, 1.54) is 12.1 Å². The first-order chi connectivity index (χ1) is 13.6. The lowest BCUT2D eigenvalue weighted by molar-refractivity contribution is -0.384. The molecule has 0 saturated carbocycles. The summed E-state index contributed by atoms with van der Waals surface area (Å²) < 4.78 is 1.65. The summed E-state index contributed by atoms with van der Waals surface area (Å²) in [6.45, 7) is 0. The van der Waals surface area contributed by atoms with Crippen molar-refractivity contribution in [1.29, 1.82) is 0 Å². The number of carbonyl (C=O) groups excluding carboxylic acids is 2. The average molecular weight is 368 g/mol. The smallest absolute Gasteiger partial charge is 0.271 e. The van der Waals surface area contributed by atoms with Crippen LogP contribution in [0, 0.1) is 10.1 Å². The summed E-state index contributed by atoms with van der Waals surface area (Å²) >= 11 is 0. The first-order valence-electron chi connectivity index (χ1n) is 8.64. The Morgan fingerprint density at radius 2 is 1.46 bits per heavy atom. The highest BCUT2D eigenvalue weighted by atomic mass is 16.6. The maximum absolute atomic E-state index is 13.3. The Balaban J connectivity index is 1.90. The molecular formula is C22H12N2O4. The second kappa shape index (κ2) is 5.72. The van der Waals surface area contributed by atoms with Crippen LogP contribution in [0.2, 0.25) is 0 Å². The molecule has 0 spiro atoms. The van der Waals surface area contributed by atoms with Gasteiger partial charge < -0.3 is 4.57 Å². The van der Waals surface area contributed by atoms with Gasteiger partial charge >= 0.3 is 0 Å². The number of hydrogen-bond donors (Lipinski definition) is 0. The van der Waals surface area contributed by atoms with Gasteiger partial charge in [0.1, 0.15) is 5.69 Å². The first kappa shape index (κ1) is 16.1. The van der Waals surface area contributed by atoms with Gasteiger partial charge in [0.2, 0.25) is 5.78 Å². The van der Waals surface area contributed by atoms with Gasteiger partial charge in [0.25, 0.3) is 5.69 Å². The van der Waals surface area contributed by atoms with Gasteiger partial charge in [-0.2, -0.15) is 0 Å². The van der Waals surface area contributed by atoms with Crippen molar-refractivity contribution < 1.29 is 14.5 Å². The van der Waals surface area contributed by atoms with Gasteiger partial charge in [-0.25, -0.2) is 0 Å². The van der Waals surface area contributed by atoms with Gasteiger partial charge in [-0.05, 0) is 12.1 Å². The molecule has 0 bridgehead atoms. The molecule has 6 nitrogen and oxygen atoms in total. The van der Waals surface area contributed by atoms with Crippen molar-refractivity contribution >= 4 is 28.2 Å². The van der Waals surface area contributed by atoms with Crippen molar-refractivity contribution in [2.45, 2.75) is 0 Å². The topological polar surface area (TPSA) is 82.2 Å². The van der Waals surface area contributed by atoms with Crippen molar-refractivity contribution in [3.8, 4) is 5.69 Å². The number of aromatic nitrogens is 1. The van der Waals surface area contributed by atoms with Crippen LogP contribution in [0.15, 0.2) is 72.8 Å². The third-order valence-corrected chi connectivity index (χ3v) is 5.03. The van der Waals surface area contributed by atoms with Gasteiger partial charge in [0.05, 0.1) is 21.7 Å². The normalized spacial score (nSPS) is 12.7. The maximum Gasteiger partial charge on any atom is 0.271 e. The molecule has 0 radical (unpaired) electrons. The van der Waals surface area contributed by atoms with Gasteiger partial charge in [-0.15, -0.1) is 0 Å². The molecule has 6 heteroatoms. The van der Waals surface area contributed by atoms with Gasteiger partial charge in [0, 0.05) is 28.6 Å². The van der Waals surface area contributed by atoms with Gasteiger partial charge in [-0.3, -0.25) is 19.7 Å². The number of rotatable bonds is 2. The monoisotopic (exact) mass is 368 g/mol. The summed E-state index contributed by atoms with van der Waals surface area (Å²) in [5.74, 6) is -0.488. The van der Waals surface area contributed by atoms with E-state index in [0.29, 0.717) is 33.3 Å². The van der Waals surface area contributed by atoms with Crippen LogP contribution in [0.25, 0.3) is 16.6 Å². The highest BCUT2D eigenvalue weighted by Gasteiger charge is 2.35. The molecule has 5 rings (SSSR count). The molecule has 0 aliphatic heterocycles. The predicted octanol–water partition coefficient (Wildman–Crippen LogP) is 4.31. The summed E-state index contributed by atoms with van der Waals surface area (Å²) in [7, 11) is 0. The third-order valence-electron chi connectivity index (χ3n) is 5.03. The summed E-state index contributed by atoms with van der Waals surface area (Å²) in [5.41, 5.74) is 2.33. The second-order valence-electron chi connectivity index (χ2n) is 6.56. The third kappa shape index (κ3) is 2.08. The molecule has 0 amide bonds. The number of ketones is 2. The van der Waals surface area contributed by atoms with Crippen molar-refractivity contribution in [3.63, 3.8) is 0 Å². The van der Waals surface area contributed by atoms with E-state index in [1.807, 2.05) is 6.07 Å². The SMILES string of the molecule is O=C1c2ccccc2C(=O)c2c1c1ccccc1n2-c1cccc([N+](=O)[O-])c1. The van der Waals surface area contributed by atoms with Crippen molar-refractivity contribution in [3.05, 3.63) is 105 Å². The Bertz CT molecular complexity index is 1330. The van der Waals surface area contributed by atoms with Crippen LogP contribution in [0.1, 0.15) is 32.0 Å². The summed E-state index contributed by atoms with van der Waals surface area (Å²) in [5, 5.41) is 11.9. The van der Waals surface area contributed by atoms with Gasteiger partial charge in [-0.1, -0.05) is 48.5 Å². The predicted molar refractivity (Wildman–Crippen MR) is 103 cm³/mol. The van der Waals surface area contributed by atoms with E-state index >= 15 is 0 Å². The number of benzene rings is 3. The maximum atomic E-state index is 13.3. The minimum absolute atomic E-state index is 0.0842. The quantitative estimate of drug-likeness (QED) is 0.343. The molecule has 1 aliphatic carbocycles. The molecule has 0 fully saturated rings. The van der Waals surface area contributed by atoms with Crippen LogP contribution < -0.4 is 0 Å². The zero-order chi connectivity index (χ0) is 19.4. The fourth-order valence-electron chi connectivity index (χ4n) is 3.84. The molecule has 3 aromatic carbocycles. The molecule has 0 unspecified atom stereocenters. The van der Waals surface area contributed by atoms with E-state index in [1.54, 1.807) is 59.2 Å². The molecular weight excluding hydrogens is 356 g/mol. The Hall–Kier alpha value is -4.06. The zero-order valence-electron chi connectivity index (χ0n) is 14.5. The molecule has 1 aromatic heterocycles. The summed E-state index contributed by atoms with van der Waals surface area (Å²) in [6, 6.07) is 20.0. The van der Waals surface area contributed by atoms with Crippen LogP contribution in [0.3, 0.4) is 0 Å². The lowest BCUT2D eigenvalue weighted by Crippen LogP contribution is -2.22. The van der Waals surface area contributed by atoms with E-state index in [9.17, 15) is 19.7 Å². The number of nitro benzene ring substituents is 1. The van der Waals surface area contributed by atoms with Crippen LogP contribution in [-0.2, 0) is 0 Å². The van der Waals surface area contributed by atoms with Crippen LogP contribution in [0.5, 0.6) is 0 Å². The average Bonchev–Trinajstić information content (AvgIpc) is 3.08. The Morgan fingerprint density at radius 1 is 0.786 bits per heavy atom. The fourth-order valence-corrected chi connectivity index (χ4v) is 3.84. The summed E-state index contributed by atoms with van der Waals surface area (Å²) in [6.07, 6.45) is 0. The van der Waals surface area contributed by atoms with Crippen molar-refractivity contribution in [2.75, 3.05) is 0 Å². The van der Waals surface area contributed by atoms with Gasteiger partial charge in [0.15, 0.2) is 5.78 Å². The molecule has 28 heavy (non-hydrogen) atoms. The lowest BCUT2D eigenvalue weighted by atomic mass is 9.87. The summed E-state index contributed by atoms with van der Waals surface area (Å²) in [4.78, 5) is 37.3. The highest BCUT2D eigenvalue weighted by Crippen LogP contribution is 2.37. The number of fused-ring (bicyclic) bond motifs is 4. The Morgan fingerprint density at radius 3 is 2.21 bits per heavy atom. The minimum Gasteiger partial charge on any atom is -0.305 e. The van der Waals surface area contributed by atoms with Crippen molar-refractivity contribution in [1.82, 2.24) is 4.57 Å².